The summed E-state index contributed by atoms with van der Waals surface area (Å²) in [5, 5.41) is 0. The summed E-state index contributed by atoms with van der Waals surface area (Å²) < 4.78 is 45.5. The number of hydrogen-bond acceptors (Lipinski definition) is 3. The Morgan fingerprint density at radius 2 is 1.45 bits per heavy atom. The van der Waals surface area contributed by atoms with Crippen LogP contribution in [0.4, 0.5) is 8.78 Å². The molecule has 0 amide bonds. The zero-order valence-corrected chi connectivity index (χ0v) is 20.1. The van der Waals surface area contributed by atoms with Gasteiger partial charge < -0.3 is 14.2 Å². The van der Waals surface area contributed by atoms with Crippen molar-refractivity contribution in [3.63, 3.8) is 0 Å². The number of allylic oxidation sites excluding steroid dienone is 1. The molecule has 1 aromatic rings. The number of halogens is 2. The minimum absolute atomic E-state index is 0.0214. The fourth-order valence-corrected chi connectivity index (χ4v) is 6.21. The molecule has 1 saturated heterocycles. The molecular formula is C28H40F2O3. The van der Waals surface area contributed by atoms with Gasteiger partial charge >= 0.3 is 0 Å². The summed E-state index contributed by atoms with van der Waals surface area (Å²) in [6, 6.07) is 2.91. The maximum atomic E-state index is 14.2. The second-order valence-corrected chi connectivity index (χ2v) is 10.3. The third-order valence-corrected chi connectivity index (χ3v) is 8.37. The Kier molecular flexibility index (Phi) is 8.67. The number of benzene rings is 1. The lowest BCUT2D eigenvalue weighted by Gasteiger charge is -2.41. The van der Waals surface area contributed by atoms with E-state index >= 15 is 0 Å². The van der Waals surface area contributed by atoms with Crippen molar-refractivity contribution in [2.75, 3.05) is 19.8 Å². The minimum atomic E-state index is -0.970. The van der Waals surface area contributed by atoms with Crippen LogP contribution in [0.2, 0.25) is 0 Å². The number of hydrogen-bond donors (Lipinski definition) is 0. The van der Waals surface area contributed by atoms with E-state index in [1.54, 1.807) is 6.92 Å². The largest absolute Gasteiger partial charge is 0.491 e. The molecule has 4 rings (SSSR count). The normalized spacial score (nSPS) is 32.8. The standard InChI is InChI=1S/C28H40F2O3/c1-3-19-5-11-22(12-6-19)24-14-13-23(18-33-24)21-9-7-20(8-10-21)17-32-26-16-15-25(31-4-2)27(29)28(26)30/h3,15-16,19-24H,1,4-14,17-18H2,2H3. The molecule has 0 radical (unpaired) electrons. The summed E-state index contributed by atoms with van der Waals surface area (Å²) in [5.74, 6) is 1.22. The Morgan fingerprint density at radius 1 is 0.848 bits per heavy atom. The van der Waals surface area contributed by atoms with Crippen molar-refractivity contribution in [3.8, 4) is 11.5 Å². The van der Waals surface area contributed by atoms with E-state index in [0.717, 1.165) is 31.3 Å². The van der Waals surface area contributed by atoms with Crippen LogP contribution in [0.5, 0.6) is 11.5 Å². The van der Waals surface area contributed by atoms with Crippen molar-refractivity contribution in [1.29, 1.82) is 0 Å². The van der Waals surface area contributed by atoms with Crippen LogP contribution < -0.4 is 9.47 Å². The second kappa shape index (κ2) is 11.7. The summed E-state index contributed by atoms with van der Waals surface area (Å²) in [5.41, 5.74) is 0. The first kappa shape index (κ1) is 24.5. The average Bonchev–Trinajstić information content (AvgIpc) is 2.87. The number of ether oxygens (including phenoxy) is 3. The van der Waals surface area contributed by atoms with Gasteiger partial charge in [-0.3, -0.25) is 0 Å². The average molecular weight is 463 g/mol. The molecule has 1 aliphatic heterocycles. The first-order chi connectivity index (χ1) is 16.1. The molecule has 5 heteroatoms. The highest BCUT2D eigenvalue weighted by atomic mass is 19.2. The van der Waals surface area contributed by atoms with E-state index in [1.165, 1.54) is 63.5 Å². The van der Waals surface area contributed by atoms with Gasteiger partial charge in [0.2, 0.25) is 11.6 Å². The highest BCUT2D eigenvalue weighted by molar-refractivity contribution is 5.35. The van der Waals surface area contributed by atoms with Crippen LogP contribution in [0.25, 0.3) is 0 Å². The SMILES string of the molecule is C=CC1CCC(C2CCC(C3CCC(COc4ccc(OCC)c(F)c4F)CC3)CO2)CC1. The van der Waals surface area contributed by atoms with Crippen LogP contribution in [0.15, 0.2) is 24.8 Å². The van der Waals surface area contributed by atoms with Crippen LogP contribution in [0, 0.1) is 41.2 Å². The van der Waals surface area contributed by atoms with Gasteiger partial charge in [-0.15, -0.1) is 6.58 Å². The molecule has 1 aromatic carbocycles. The van der Waals surface area contributed by atoms with E-state index in [1.807, 2.05) is 0 Å². The van der Waals surface area contributed by atoms with Crippen molar-refractivity contribution >= 4 is 0 Å². The monoisotopic (exact) mass is 462 g/mol. The Hall–Kier alpha value is -1.62. The first-order valence-corrected chi connectivity index (χ1v) is 13.1. The molecule has 0 spiro atoms. The first-order valence-electron chi connectivity index (χ1n) is 13.1. The van der Waals surface area contributed by atoms with Crippen LogP contribution in [0.1, 0.15) is 71.1 Å². The van der Waals surface area contributed by atoms with Gasteiger partial charge in [0.1, 0.15) is 0 Å². The number of rotatable bonds is 8. The summed E-state index contributed by atoms with van der Waals surface area (Å²) in [6.07, 6.45) is 14.7. The summed E-state index contributed by atoms with van der Waals surface area (Å²) in [7, 11) is 0. The van der Waals surface area contributed by atoms with Crippen molar-refractivity contribution < 1.29 is 23.0 Å². The molecule has 0 aromatic heterocycles. The molecule has 2 aliphatic carbocycles. The highest BCUT2D eigenvalue weighted by Gasteiger charge is 2.35. The topological polar surface area (TPSA) is 27.7 Å². The zero-order chi connectivity index (χ0) is 23.2. The quantitative estimate of drug-likeness (QED) is 0.378. The molecule has 3 aliphatic rings. The second-order valence-electron chi connectivity index (χ2n) is 10.3. The van der Waals surface area contributed by atoms with Gasteiger partial charge in [0.25, 0.3) is 0 Å². The van der Waals surface area contributed by atoms with E-state index in [9.17, 15) is 8.78 Å². The van der Waals surface area contributed by atoms with E-state index < -0.39 is 11.6 Å². The molecule has 33 heavy (non-hydrogen) atoms. The molecule has 0 N–H and O–H groups in total. The lowest BCUT2D eigenvalue weighted by atomic mass is 9.72. The Morgan fingerprint density at radius 3 is 2.03 bits per heavy atom. The van der Waals surface area contributed by atoms with E-state index in [0.29, 0.717) is 37.1 Å². The van der Waals surface area contributed by atoms with Crippen molar-refractivity contribution in [3.05, 3.63) is 36.4 Å². The van der Waals surface area contributed by atoms with E-state index in [-0.39, 0.29) is 11.5 Å². The van der Waals surface area contributed by atoms with E-state index in [2.05, 4.69) is 12.7 Å². The van der Waals surface area contributed by atoms with Crippen LogP contribution in [0.3, 0.4) is 0 Å². The molecule has 1 heterocycles. The van der Waals surface area contributed by atoms with Crippen LogP contribution in [-0.4, -0.2) is 25.9 Å². The highest BCUT2D eigenvalue weighted by Crippen LogP contribution is 2.41. The maximum absolute atomic E-state index is 14.2. The third kappa shape index (κ3) is 6.09. The van der Waals surface area contributed by atoms with E-state index in [4.69, 9.17) is 14.2 Å². The smallest absolute Gasteiger partial charge is 0.204 e. The van der Waals surface area contributed by atoms with Crippen LogP contribution in [-0.2, 0) is 4.74 Å². The molecule has 0 bridgehead atoms. The Balaban J connectivity index is 1.17. The van der Waals surface area contributed by atoms with Crippen molar-refractivity contribution in [2.24, 2.45) is 29.6 Å². The lowest BCUT2D eigenvalue weighted by molar-refractivity contribution is -0.0733. The summed E-state index contributed by atoms with van der Waals surface area (Å²) in [6.45, 7) is 7.34. The Labute approximate surface area is 197 Å². The fraction of sp³-hybridized carbons (Fsp3) is 0.714. The molecule has 2 unspecified atom stereocenters. The van der Waals surface area contributed by atoms with Gasteiger partial charge in [-0.25, -0.2) is 0 Å². The Bertz CT molecular complexity index is 759. The molecule has 3 fully saturated rings. The maximum Gasteiger partial charge on any atom is 0.204 e. The van der Waals surface area contributed by atoms with Crippen molar-refractivity contribution in [1.82, 2.24) is 0 Å². The predicted molar refractivity (Wildman–Crippen MR) is 127 cm³/mol. The van der Waals surface area contributed by atoms with Gasteiger partial charge in [0, 0.05) is 0 Å². The van der Waals surface area contributed by atoms with Gasteiger partial charge in [0.15, 0.2) is 11.5 Å². The fourth-order valence-electron chi connectivity index (χ4n) is 6.21. The molecule has 184 valence electrons. The lowest BCUT2D eigenvalue weighted by Crippen LogP contribution is -2.37. The summed E-state index contributed by atoms with van der Waals surface area (Å²) in [4.78, 5) is 0. The van der Waals surface area contributed by atoms with Crippen molar-refractivity contribution in [2.45, 2.75) is 77.2 Å². The van der Waals surface area contributed by atoms with Gasteiger partial charge in [-0.1, -0.05) is 6.08 Å². The van der Waals surface area contributed by atoms with Gasteiger partial charge in [0.05, 0.1) is 25.9 Å². The molecule has 2 saturated carbocycles. The molecular weight excluding hydrogens is 422 g/mol. The third-order valence-electron chi connectivity index (χ3n) is 8.37. The predicted octanol–water partition coefficient (Wildman–Crippen LogP) is 7.34. The molecule has 3 nitrogen and oxygen atoms in total. The minimum Gasteiger partial charge on any atom is -0.491 e. The zero-order valence-electron chi connectivity index (χ0n) is 20.1. The summed E-state index contributed by atoms with van der Waals surface area (Å²) >= 11 is 0. The van der Waals surface area contributed by atoms with Crippen LogP contribution >= 0.6 is 0 Å². The molecule has 2 atom stereocenters. The van der Waals surface area contributed by atoms with Gasteiger partial charge in [-0.2, -0.15) is 8.78 Å². The van der Waals surface area contributed by atoms with Gasteiger partial charge in [-0.05, 0) is 113 Å².